The van der Waals surface area contributed by atoms with Crippen molar-refractivity contribution in [3.05, 3.63) is 27.0 Å². The molecule has 2 aromatic rings. The monoisotopic (exact) mass is 340 g/mol. The number of rotatable bonds is 3. The van der Waals surface area contributed by atoms with Crippen LogP contribution in [-0.4, -0.2) is 25.2 Å². The molecule has 0 saturated carbocycles. The minimum absolute atomic E-state index is 0.593. The van der Waals surface area contributed by atoms with E-state index in [1.165, 1.54) is 0 Å². The molecule has 1 N–H and O–H groups in total. The molecule has 0 radical (unpaired) electrons. The zero-order valence-electron chi connectivity index (χ0n) is 10.4. The number of halogens is 1. The van der Waals surface area contributed by atoms with Crippen molar-refractivity contribution in [1.29, 1.82) is 0 Å². The van der Waals surface area contributed by atoms with Crippen LogP contribution in [0, 0.1) is 0 Å². The minimum Gasteiger partial charge on any atom is -0.486 e. The molecule has 0 saturated heterocycles. The van der Waals surface area contributed by atoms with E-state index in [0.717, 1.165) is 38.8 Å². The van der Waals surface area contributed by atoms with Gasteiger partial charge >= 0.3 is 0 Å². The van der Waals surface area contributed by atoms with E-state index in [2.05, 4.69) is 31.6 Å². The molecule has 1 aliphatic rings. The summed E-state index contributed by atoms with van der Waals surface area (Å²) in [5.74, 6) is 1.57. The van der Waals surface area contributed by atoms with Crippen LogP contribution in [0.5, 0.6) is 11.5 Å². The average Bonchev–Trinajstić information content (AvgIpc) is 2.87. The van der Waals surface area contributed by atoms with E-state index in [1.807, 2.05) is 19.2 Å². The Morgan fingerprint density at radius 2 is 2.05 bits per heavy atom. The minimum atomic E-state index is 0.593. The molecule has 0 atom stereocenters. The lowest BCUT2D eigenvalue weighted by atomic mass is 10.1. The van der Waals surface area contributed by atoms with Gasteiger partial charge in [-0.2, -0.15) is 0 Å². The summed E-state index contributed by atoms with van der Waals surface area (Å²) < 4.78 is 12.1. The molecular weight excluding hydrogens is 328 g/mol. The number of nitrogens with one attached hydrogen (secondary N) is 1. The van der Waals surface area contributed by atoms with Crippen LogP contribution in [-0.2, 0) is 6.54 Å². The second-order valence-corrected chi connectivity index (χ2v) is 5.93. The summed E-state index contributed by atoms with van der Waals surface area (Å²) in [5, 5.41) is 6.23. The highest BCUT2D eigenvalue weighted by molar-refractivity contribution is 9.10. The maximum Gasteiger partial charge on any atom is 0.162 e. The molecule has 6 heteroatoms. The van der Waals surface area contributed by atoms with Gasteiger partial charge in [-0.3, -0.25) is 0 Å². The molecule has 0 aliphatic carbocycles. The Balaban J connectivity index is 1.99. The second kappa shape index (κ2) is 5.48. The van der Waals surface area contributed by atoms with E-state index >= 15 is 0 Å². The van der Waals surface area contributed by atoms with Crippen molar-refractivity contribution in [2.45, 2.75) is 6.54 Å². The number of thiazole rings is 1. The van der Waals surface area contributed by atoms with Crippen LogP contribution in [0.4, 0.5) is 0 Å². The van der Waals surface area contributed by atoms with Crippen LogP contribution in [0.15, 0.2) is 22.0 Å². The van der Waals surface area contributed by atoms with Crippen LogP contribution in [0.2, 0.25) is 0 Å². The van der Waals surface area contributed by atoms with Crippen LogP contribution in [0.3, 0.4) is 0 Å². The molecule has 0 spiro atoms. The van der Waals surface area contributed by atoms with Gasteiger partial charge in [0.1, 0.15) is 18.2 Å². The topological polar surface area (TPSA) is 43.4 Å². The highest BCUT2D eigenvalue weighted by Gasteiger charge is 2.17. The van der Waals surface area contributed by atoms with Crippen molar-refractivity contribution in [2.24, 2.45) is 0 Å². The Hall–Kier alpha value is -1.11. The van der Waals surface area contributed by atoms with E-state index in [0.29, 0.717) is 13.2 Å². The van der Waals surface area contributed by atoms with E-state index in [1.54, 1.807) is 11.3 Å². The summed E-state index contributed by atoms with van der Waals surface area (Å²) in [7, 11) is 1.92. The molecule has 0 fully saturated rings. The maximum atomic E-state index is 5.61. The van der Waals surface area contributed by atoms with Crippen LogP contribution < -0.4 is 14.8 Å². The summed E-state index contributed by atoms with van der Waals surface area (Å²) in [6.07, 6.45) is 0. The summed E-state index contributed by atoms with van der Waals surface area (Å²) in [4.78, 5) is 4.61. The highest BCUT2D eigenvalue weighted by atomic mass is 79.9. The highest BCUT2D eigenvalue weighted by Crippen LogP contribution is 2.40. The predicted octanol–water partition coefficient (Wildman–Crippen LogP) is 3.06. The Morgan fingerprint density at radius 1 is 1.32 bits per heavy atom. The molecular formula is C13H13BrN2O2S. The van der Waals surface area contributed by atoms with Crippen LogP contribution in [0.25, 0.3) is 11.3 Å². The molecule has 0 unspecified atom stereocenters. The van der Waals surface area contributed by atoms with Gasteiger partial charge in [0, 0.05) is 22.0 Å². The molecule has 1 aromatic carbocycles. The van der Waals surface area contributed by atoms with Crippen molar-refractivity contribution >= 4 is 27.3 Å². The first-order valence-electron chi connectivity index (χ1n) is 5.96. The maximum absolute atomic E-state index is 5.61. The smallest absolute Gasteiger partial charge is 0.162 e. The molecule has 1 aromatic heterocycles. The van der Waals surface area contributed by atoms with Gasteiger partial charge in [-0.1, -0.05) is 0 Å². The quantitative estimate of drug-likeness (QED) is 0.932. The van der Waals surface area contributed by atoms with Gasteiger partial charge in [0.05, 0.1) is 5.69 Å². The fraction of sp³-hybridized carbons (Fsp3) is 0.308. The first kappa shape index (κ1) is 12.9. The molecule has 19 heavy (non-hydrogen) atoms. The first-order chi connectivity index (χ1) is 9.28. The van der Waals surface area contributed by atoms with Gasteiger partial charge < -0.3 is 14.8 Å². The van der Waals surface area contributed by atoms with Crippen LogP contribution in [0.1, 0.15) is 5.01 Å². The number of nitrogens with zero attached hydrogens (tertiary/aromatic N) is 1. The number of fused-ring (bicyclic) bond motifs is 1. The normalized spacial score (nSPS) is 13.6. The number of benzene rings is 1. The third-order valence-electron chi connectivity index (χ3n) is 2.79. The number of ether oxygens (including phenoxy) is 2. The van der Waals surface area contributed by atoms with Gasteiger partial charge in [-0.25, -0.2) is 4.98 Å². The molecule has 4 nitrogen and oxygen atoms in total. The van der Waals surface area contributed by atoms with Gasteiger partial charge in [-0.15, -0.1) is 11.3 Å². The zero-order valence-corrected chi connectivity index (χ0v) is 12.8. The predicted molar refractivity (Wildman–Crippen MR) is 79.0 cm³/mol. The van der Waals surface area contributed by atoms with Gasteiger partial charge in [0.15, 0.2) is 11.5 Å². The number of aromatic nitrogens is 1. The molecule has 0 bridgehead atoms. The van der Waals surface area contributed by atoms with E-state index in [-0.39, 0.29) is 0 Å². The lowest BCUT2D eigenvalue weighted by Gasteiger charge is -2.19. The standard InChI is InChI=1S/C13H13BrN2O2S/c1-15-6-13-16-10(7-19-13)8-4-11-12(5-9(8)14)18-3-2-17-11/h4-5,7,15H,2-3,6H2,1H3. The number of hydrogen-bond donors (Lipinski definition) is 1. The van der Waals surface area contributed by atoms with Gasteiger partial charge in [0.25, 0.3) is 0 Å². The van der Waals surface area contributed by atoms with Gasteiger partial charge in [0.2, 0.25) is 0 Å². The second-order valence-electron chi connectivity index (χ2n) is 4.13. The Bertz CT molecular complexity index is 600. The van der Waals surface area contributed by atoms with E-state index in [9.17, 15) is 0 Å². The summed E-state index contributed by atoms with van der Waals surface area (Å²) in [6, 6.07) is 3.93. The molecule has 1 aliphatic heterocycles. The Kier molecular flexibility index (Phi) is 3.72. The van der Waals surface area contributed by atoms with Crippen molar-refractivity contribution in [2.75, 3.05) is 20.3 Å². The van der Waals surface area contributed by atoms with Crippen LogP contribution >= 0.6 is 27.3 Å². The third-order valence-corrected chi connectivity index (χ3v) is 4.29. The van der Waals surface area contributed by atoms with Crippen molar-refractivity contribution in [3.8, 4) is 22.8 Å². The fourth-order valence-corrected chi connectivity index (χ4v) is 3.26. The first-order valence-corrected chi connectivity index (χ1v) is 7.63. The fourth-order valence-electron chi connectivity index (χ4n) is 1.93. The molecule has 3 rings (SSSR count). The zero-order chi connectivity index (χ0) is 13.2. The summed E-state index contributed by atoms with van der Waals surface area (Å²) >= 11 is 5.22. The van der Waals surface area contributed by atoms with Crippen molar-refractivity contribution in [1.82, 2.24) is 10.3 Å². The average molecular weight is 341 g/mol. The van der Waals surface area contributed by atoms with Crippen molar-refractivity contribution < 1.29 is 9.47 Å². The number of hydrogen-bond acceptors (Lipinski definition) is 5. The van der Waals surface area contributed by atoms with Crippen molar-refractivity contribution in [3.63, 3.8) is 0 Å². The summed E-state index contributed by atoms with van der Waals surface area (Å²) in [6.45, 7) is 1.98. The third kappa shape index (κ3) is 2.61. The lowest BCUT2D eigenvalue weighted by molar-refractivity contribution is 0.171. The Morgan fingerprint density at radius 3 is 2.79 bits per heavy atom. The lowest BCUT2D eigenvalue weighted by Crippen LogP contribution is -2.15. The van der Waals surface area contributed by atoms with E-state index in [4.69, 9.17) is 9.47 Å². The Labute approximate surface area is 123 Å². The molecule has 100 valence electrons. The van der Waals surface area contributed by atoms with E-state index < -0.39 is 0 Å². The molecule has 0 amide bonds. The van der Waals surface area contributed by atoms with Gasteiger partial charge in [-0.05, 0) is 35.1 Å². The summed E-state index contributed by atoms with van der Waals surface area (Å²) in [5.41, 5.74) is 1.99. The largest absolute Gasteiger partial charge is 0.486 e. The molecule has 2 heterocycles. The SMILES string of the molecule is CNCc1nc(-c2cc3c(cc2Br)OCCO3)cs1.